The number of nitrogens with zero attached hydrogens (tertiary/aromatic N) is 1. The summed E-state index contributed by atoms with van der Waals surface area (Å²) in [5.41, 5.74) is 7.55. The van der Waals surface area contributed by atoms with E-state index in [4.69, 9.17) is 16.0 Å². The zero-order chi connectivity index (χ0) is 27.5. The smallest absolute Gasteiger partial charge is 0.225 e. The molecule has 0 radical (unpaired) electrons. The van der Waals surface area contributed by atoms with Gasteiger partial charge in [0.2, 0.25) is 5.91 Å². The van der Waals surface area contributed by atoms with Crippen LogP contribution in [0.25, 0.3) is 33.6 Å². The van der Waals surface area contributed by atoms with E-state index in [9.17, 15) is 4.79 Å². The number of rotatable bonds is 7. The number of benzene rings is 4. The van der Waals surface area contributed by atoms with Gasteiger partial charge in [0, 0.05) is 27.7 Å². The molecule has 40 heavy (non-hydrogen) atoms. The third kappa shape index (κ3) is 5.40. The number of furan rings is 1. The Morgan fingerprint density at radius 2 is 1.65 bits per heavy atom. The maximum absolute atomic E-state index is 13.3. The van der Waals surface area contributed by atoms with Gasteiger partial charge in [-0.2, -0.15) is 0 Å². The average Bonchev–Trinajstić information content (AvgIpc) is 3.41. The van der Waals surface area contributed by atoms with Crippen molar-refractivity contribution in [1.82, 2.24) is 10.3 Å². The van der Waals surface area contributed by atoms with Crippen LogP contribution in [0, 0.1) is 6.92 Å². The normalized spacial score (nSPS) is 11.8. The first kappa shape index (κ1) is 25.6. The molecule has 0 fully saturated rings. The summed E-state index contributed by atoms with van der Waals surface area (Å²) in [5.74, 6) is 0.677. The first-order valence-electron chi connectivity index (χ1n) is 13.2. The molecule has 6 aromatic rings. The summed E-state index contributed by atoms with van der Waals surface area (Å²) in [6, 6.07) is 37.4. The van der Waals surface area contributed by atoms with Gasteiger partial charge in [-0.15, -0.1) is 0 Å². The molecule has 1 N–H and O–H groups in total. The lowest BCUT2D eigenvalue weighted by Gasteiger charge is -2.22. The molecule has 0 spiro atoms. The van der Waals surface area contributed by atoms with Gasteiger partial charge in [-0.1, -0.05) is 84.4 Å². The molecule has 0 bridgehead atoms. The van der Waals surface area contributed by atoms with Crippen molar-refractivity contribution in [2.24, 2.45) is 0 Å². The number of amides is 1. The SMILES string of the molecule is Cc1cc(Cl)ccc1C(NC(=O)Cc1ccc2oc(-c3cccnc3-c3ccccc3)cc2c1)c1ccccc1. The molecule has 6 rings (SSSR count). The Bertz CT molecular complexity index is 1800. The molecule has 1 amide bonds. The number of nitrogens with one attached hydrogen (secondary N) is 1. The van der Waals surface area contributed by atoms with E-state index in [-0.39, 0.29) is 18.4 Å². The highest BCUT2D eigenvalue weighted by Crippen LogP contribution is 2.34. The average molecular weight is 543 g/mol. The maximum atomic E-state index is 13.3. The predicted octanol–water partition coefficient (Wildman–Crippen LogP) is 8.57. The Kier molecular flexibility index (Phi) is 7.17. The molecule has 5 heteroatoms. The maximum Gasteiger partial charge on any atom is 0.225 e. The Labute approximate surface area is 238 Å². The van der Waals surface area contributed by atoms with Gasteiger partial charge in [-0.3, -0.25) is 9.78 Å². The van der Waals surface area contributed by atoms with Crippen molar-refractivity contribution in [3.63, 3.8) is 0 Å². The lowest BCUT2D eigenvalue weighted by atomic mass is 9.94. The summed E-state index contributed by atoms with van der Waals surface area (Å²) < 4.78 is 6.23. The van der Waals surface area contributed by atoms with E-state index in [1.807, 2.05) is 122 Å². The fourth-order valence-corrected chi connectivity index (χ4v) is 5.34. The number of pyridine rings is 1. The van der Waals surface area contributed by atoms with Crippen molar-refractivity contribution < 1.29 is 9.21 Å². The van der Waals surface area contributed by atoms with Gasteiger partial charge in [-0.25, -0.2) is 0 Å². The molecule has 4 aromatic carbocycles. The fourth-order valence-electron chi connectivity index (χ4n) is 5.11. The third-order valence-electron chi connectivity index (χ3n) is 7.05. The molecular formula is C35H27ClN2O2. The lowest BCUT2D eigenvalue weighted by Crippen LogP contribution is -2.31. The third-order valence-corrected chi connectivity index (χ3v) is 7.28. The highest BCUT2D eigenvalue weighted by atomic mass is 35.5. The molecule has 2 heterocycles. The second-order valence-corrected chi connectivity index (χ2v) is 10.3. The minimum absolute atomic E-state index is 0.0649. The number of fused-ring (bicyclic) bond motifs is 1. The minimum atomic E-state index is -0.280. The van der Waals surface area contributed by atoms with Crippen LogP contribution in [0.2, 0.25) is 5.02 Å². The number of aryl methyl sites for hydroxylation is 1. The van der Waals surface area contributed by atoms with Crippen LogP contribution in [0.15, 0.2) is 126 Å². The Hall–Kier alpha value is -4.67. The van der Waals surface area contributed by atoms with Crippen LogP contribution >= 0.6 is 11.6 Å². The van der Waals surface area contributed by atoms with Crippen LogP contribution in [0.1, 0.15) is 28.3 Å². The van der Waals surface area contributed by atoms with Gasteiger partial charge in [-0.05, 0) is 71.6 Å². The van der Waals surface area contributed by atoms with E-state index in [0.29, 0.717) is 5.02 Å². The summed E-state index contributed by atoms with van der Waals surface area (Å²) in [6.45, 7) is 2.01. The lowest BCUT2D eigenvalue weighted by molar-refractivity contribution is -0.120. The second kappa shape index (κ2) is 11.2. The summed E-state index contributed by atoms with van der Waals surface area (Å²) in [4.78, 5) is 18.0. The summed E-state index contributed by atoms with van der Waals surface area (Å²) in [7, 11) is 0. The Morgan fingerprint density at radius 3 is 2.42 bits per heavy atom. The quantitative estimate of drug-likeness (QED) is 0.220. The molecule has 4 nitrogen and oxygen atoms in total. The zero-order valence-corrected chi connectivity index (χ0v) is 22.7. The summed E-state index contributed by atoms with van der Waals surface area (Å²) >= 11 is 6.21. The van der Waals surface area contributed by atoms with E-state index in [2.05, 4.69) is 10.3 Å². The van der Waals surface area contributed by atoms with E-state index in [1.54, 1.807) is 6.20 Å². The van der Waals surface area contributed by atoms with Crippen molar-refractivity contribution in [1.29, 1.82) is 0 Å². The number of carbonyl (C=O) groups is 1. The van der Waals surface area contributed by atoms with Crippen molar-refractivity contribution in [3.8, 4) is 22.6 Å². The van der Waals surface area contributed by atoms with E-state index in [0.717, 1.165) is 55.8 Å². The molecule has 2 aromatic heterocycles. The van der Waals surface area contributed by atoms with Gasteiger partial charge in [0.1, 0.15) is 11.3 Å². The number of hydrogen-bond acceptors (Lipinski definition) is 3. The molecule has 0 aliphatic carbocycles. The van der Waals surface area contributed by atoms with Crippen LogP contribution in [-0.2, 0) is 11.2 Å². The van der Waals surface area contributed by atoms with E-state index < -0.39 is 0 Å². The van der Waals surface area contributed by atoms with E-state index >= 15 is 0 Å². The molecule has 0 aliphatic rings. The number of carbonyl (C=O) groups excluding carboxylic acids is 1. The molecule has 1 unspecified atom stereocenters. The van der Waals surface area contributed by atoms with Gasteiger partial charge in [0.25, 0.3) is 0 Å². The molecule has 196 valence electrons. The van der Waals surface area contributed by atoms with Gasteiger partial charge < -0.3 is 9.73 Å². The van der Waals surface area contributed by atoms with Crippen LogP contribution in [-0.4, -0.2) is 10.9 Å². The standard InChI is InChI=1S/C35H27ClN2O2/c1-23-19-28(36)15-16-29(23)35(26-11-6-3-7-12-26)38-33(39)21-24-14-17-31-27(20-24)22-32(40-31)30-13-8-18-37-34(30)25-9-4-2-5-10-25/h2-20,22,35H,21H2,1H3,(H,38,39). The van der Waals surface area contributed by atoms with Crippen LogP contribution in [0.4, 0.5) is 0 Å². The van der Waals surface area contributed by atoms with Crippen molar-refractivity contribution in [3.05, 3.63) is 149 Å². The van der Waals surface area contributed by atoms with Crippen molar-refractivity contribution in [2.75, 3.05) is 0 Å². The van der Waals surface area contributed by atoms with Gasteiger partial charge in [0.15, 0.2) is 0 Å². The zero-order valence-electron chi connectivity index (χ0n) is 22.0. The number of hydrogen-bond donors (Lipinski definition) is 1. The Morgan fingerprint density at radius 1 is 0.875 bits per heavy atom. The predicted molar refractivity (Wildman–Crippen MR) is 161 cm³/mol. The summed E-state index contributed by atoms with van der Waals surface area (Å²) in [6.07, 6.45) is 2.04. The monoisotopic (exact) mass is 542 g/mol. The largest absolute Gasteiger partial charge is 0.456 e. The summed E-state index contributed by atoms with van der Waals surface area (Å²) in [5, 5.41) is 4.87. The first-order chi connectivity index (χ1) is 19.5. The molecule has 0 saturated heterocycles. The minimum Gasteiger partial charge on any atom is -0.456 e. The van der Waals surface area contributed by atoms with Crippen molar-refractivity contribution in [2.45, 2.75) is 19.4 Å². The van der Waals surface area contributed by atoms with Crippen LogP contribution < -0.4 is 5.32 Å². The molecule has 0 saturated carbocycles. The second-order valence-electron chi connectivity index (χ2n) is 9.84. The number of aromatic nitrogens is 1. The molecule has 0 aliphatic heterocycles. The van der Waals surface area contributed by atoms with Gasteiger partial charge in [0.05, 0.1) is 18.2 Å². The molecule has 1 atom stereocenters. The molecular weight excluding hydrogens is 516 g/mol. The topological polar surface area (TPSA) is 55.1 Å². The first-order valence-corrected chi connectivity index (χ1v) is 13.6. The Balaban J connectivity index is 1.26. The highest BCUT2D eigenvalue weighted by Gasteiger charge is 2.20. The fraction of sp³-hybridized carbons (Fsp3) is 0.0857. The van der Waals surface area contributed by atoms with Crippen LogP contribution in [0.3, 0.4) is 0 Å². The number of halogens is 1. The van der Waals surface area contributed by atoms with Crippen LogP contribution in [0.5, 0.6) is 0 Å². The highest BCUT2D eigenvalue weighted by molar-refractivity contribution is 6.30. The van der Waals surface area contributed by atoms with E-state index in [1.165, 1.54) is 0 Å². The van der Waals surface area contributed by atoms with Crippen molar-refractivity contribution >= 4 is 28.5 Å². The van der Waals surface area contributed by atoms with Gasteiger partial charge >= 0.3 is 0 Å².